The Morgan fingerprint density at radius 2 is 2.20 bits per heavy atom. The number of nitrogens with zero attached hydrogens (tertiary/aromatic N) is 1. The molecular formula is C10H16N2O3. The monoisotopic (exact) mass is 212 g/mol. The van der Waals surface area contributed by atoms with Crippen molar-refractivity contribution >= 4 is 11.9 Å². The molecule has 0 aromatic carbocycles. The Hall–Kier alpha value is -1.54. The molecule has 1 amide bonds. The van der Waals surface area contributed by atoms with Gasteiger partial charge in [-0.25, -0.2) is 0 Å². The quantitative estimate of drug-likeness (QED) is 0.590. The van der Waals surface area contributed by atoms with Crippen LogP contribution in [0.1, 0.15) is 19.8 Å². The van der Waals surface area contributed by atoms with Gasteiger partial charge in [0.05, 0.1) is 6.54 Å². The molecule has 0 saturated carbocycles. The second kappa shape index (κ2) is 6.85. The van der Waals surface area contributed by atoms with E-state index in [2.05, 4.69) is 5.92 Å². The first-order chi connectivity index (χ1) is 6.97. The summed E-state index contributed by atoms with van der Waals surface area (Å²) in [5, 5.41) is 8.55. The molecule has 0 saturated heterocycles. The van der Waals surface area contributed by atoms with Crippen molar-refractivity contribution in [1.82, 2.24) is 4.90 Å². The number of amides is 1. The summed E-state index contributed by atoms with van der Waals surface area (Å²) < 4.78 is 0. The maximum Gasteiger partial charge on any atom is 0.323 e. The van der Waals surface area contributed by atoms with Crippen LogP contribution in [-0.4, -0.2) is 41.0 Å². The summed E-state index contributed by atoms with van der Waals surface area (Å²) in [5.74, 6) is 0.912. The highest BCUT2D eigenvalue weighted by Gasteiger charge is 2.15. The third-order valence-corrected chi connectivity index (χ3v) is 1.77. The molecule has 0 radical (unpaired) electrons. The van der Waals surface area contributed by atoms with Crippen LogP contribution in [0, 0.1) is 12.3 Å². The van der Waals surface area contributed by atoms with Crippen LogP contribution >= 0.6 is 0 Å². The molecule has 0 heterocycles. The lowest BCUT2D eigenvalue weighted by molar-refractivity contribution is -0.144. The van der Waals surface area contributed by atoms with Crippen molar-refractivity contribution in [2.24, 2.45) is 5.73 Å². The lowest BCUT2D eigenvalue weighted by atomic mass is 10.2. The molecule has 1 atom stereocenters. The van der Waals surface area contributed by atoms with Gasteiger partial charge in [0.15, 0.2) is 0 Å². The first-order valence-electron chi connectivity index (χ1n) is 4.66. The number of aliphatic carboxylic acids is 1. The average molecular weight is 212 g/mol. The normalized spacial score (nSPS) is 11.5. The zero-order chi connectivity index (χ0) is 11.8. The van der Waals surface area contributed by atoms with E-state index < -0.39 is 5.97 Å². The minimum atomic E-state index is -1.07. The average Bonchev–Trinajstić information content (AvgIpc) is 2.12. The van der Waals surface area contributed by atoms with E-state index >= 15 is 0 Å². The van der Waals surface area contributed by atoms with E-state index in [4.69, 9.17) is 17.3 Å². The minimum Gasteiger partial charge on any atom is -0.480 e. The van der Waals surface area contributed by atoms with Crippen LogP contribution in [0.3, 0.4) is 0 Å². The maximum atomic E-state index is 11.5. The van der Waals surface area contributed by atoms with Gasteiger partial charge in [-0.3, -0.25) is 9.59 Å². The number of terminal acetylenes is 1. The van der Waals surface area contributed by atoms with Gasteiger partial charge in [-0.05, 0) is 13.3 Å². The van der Waals surface area contributed by atoms with Gasteiger partial charge in [0.25, 0.3) is 0 Å². The first kappa shape index (κ1) is 13.5. The third-order valence-electron chi connectivity index (χ3n) is 1.77. The van der Waals surface area contributed by atoms with E-state index in [1.807, 2.05) is 0 Å². The number of carboxylic acid groups (broad SMARTS) is 1. The second-order valence-electron chi connectivity index (χ2n) is 3.36. The molecule has 0 aliphatic carbocycles. The summed E-state index contributed by atoms with van der Waals surface area (Å²) in [6, 6.07) is -0.0773. The lowest BCUT2D eigenvalue weighted by Gasteiger charge is -2.18. The fourth-order valence-corrected chi connectivity index (χ4v) is 1.01. The molecule has 0 aromatic rings. The molecule has 0 spiro atoms. The summed E-state index contributed by atoms with van der Waals surface area (Å²) in [7, 11) is 0. The molecule has 5 nitrogen and oxygen atoms in total. The zero-order valence-corrected chi connectivity index (χ0v) is 8.77. The number of carbonyl (C=O) groups is 2. The Morgan fingerprint density at radius 3 is 2.60 bits per heavy atom. The van der Waals surface area contributed by atoms with E-state index in [1.165, 1.54) is 0 Å². The molecule has 0 aliphatic rings. The maximum absolute atomic E-state index is 11.5. The number of hydrogen-bond acceptors (Lipinski definition) is 3. The highest BCUT2D eigenvalue weighted by atomic mass is 16.4. The van der Waals surface area contributed by atoms with Crippen molar-refractivity contribution in [2.45, 2.75) is 25.8 Å². The Bertz CT molecular complexity index is 268. The van der Waals surface area contributed by atoms with Gasteiger partial charge < -0.3 is 15.7 Å². The summed E-state index contributed by atoms with van der Waals surface area (Å²) in [5.41, 5.74) is 5.49. The highest BCUT2D eigenvalue weighted by molar-refractivity contribution is 5.81. The van der Waals surface area contributed by atoms with Crippen LogP contribution in [0.15, 0.2) is 0 Å². The zero-order valence-electron chi connectivity index (χ0n) is 8.77. The van der Waals surface area contributed by atoms with E-state index in [-0.39, 0.29) is 31.5 Å². The van der Waals surface area contributed by atoms with Crippen LogP contribution < -0.4 is 5.73 Å². The minimum absolute atomic E-state index is 0.0179. The van der Waals surface area contributed by atoms with Crippen molar-refractivity contribution in [1.29, 1.82) is 0 Å². The van der Waals surface area contributed by atoms with E-state index in [9.17, 15) is 9.59 Å². The van der Waals surface area contributed by atoms with Gasteiger partial charge in [-0.2, -0.15) is 0 Å². The largest absolute Gasteiger partial charge is 0.480 e. The molecule has 15 heavy (non-hydrogen) atoms. The Labute approximate surface area is 89.2 Å². The van der Waals surface area contributed by atoms with Gasteiger partial charge >= 0.3 is 5.97 Å². The van der Waals surface area contributed by atoms with Crippen molar-refractivity contribution in [3.63, 3.8) is 0 Å². The van der Waals surface area contributed by atoms with Crippen molar-refractivity contribution in [3.05, 3.63) is 0 Å². The van der Waals surface area contributed by atoms with E-state index in [1.54, 1.807) is 6.92 Å². The molecule has 5 heteroatoms. The summed E-state index contributed by atoms with van der Waals surface area (Å²) in [4.78, 5) is 23.1. The fourth-order valence-electron chi connectivity index (χ4n) is 1.01. The molecule has 84 valence electrons. The number of rotatable bonds is 6. The predicted molar refractivity (Wildman–Crippen MR) is 55.9 cm³/mol. The van der Waals surface area contributed by atoms with Crippen LogP contribution in [0.25, 0.3) is 0 Å². The van der Waals surface area contributed by atoms with E-state index in [0.717, 1.165) is 4.90 Å². The van der Waals surface area contributed by atoms with Gasteiger partial charge in [0.2, 0.25) is 5.91 Å². The topological polar surface area (TPSA) is 83.6 Å². The molecule has 0 fully saturated rings. The standard InChI is InChI=1S/C10H16N2O3/c1-3-6-12(7-10(14)15)9(13)5-4-8(2)11/h1,8H,4-7,11H2,2H3,(H,14,15). The highest BCUT2D eigenvalue weighted by Crippen LogP contribution is 2.00. The van der Waals surface area contributed by atoms with Gasteiger partial charge in [-0.1, -0.05) is 5.92 Å². The predicted octanol–water partition coefficient (Wildman–Crippen LogP) is -0.340. The second-order valence-corrected chi connectivity index (χ2v) is 3.36. The van der Waals surface area contributed by atoms with E-state index in [0.29, 0.717) is 6.42 Å². The molecule has 0 aliphatic heterocycles. The van der Waals surface area contributed by atoms with Crippen molar-refractivity contribution in [3.8, 4) is 12.3 Å². The van der Waals surface area contributed by atoms with Crippen molar-refractivity contribution < 1.29 is 14.7 Å². The molecule has 0 bridgehead atoms. The van der Waals surface area contributed by atoms with Crippen molar-refractivity contribution in [2.75, 3.05) is 13.1 Å². The number of hydrogen-bond donors (Lipinski definition) is 2. The summed E-state index contributed by atoms with van der Waals surface area (Å²) >= 11 is 0. The number of carboxylic acids is 1. The third kappa shape index (κ3) is 6.52. The Balaban J connectivity index is 4.17. The van der Waals surface area contributed by atoms with Crippen LogP contribution in [-0.2, 0) is 9.59 Å². The number of carbonyl (C=O) groups excluding carboxylic acids is 1. The molecular weight excluding hydrogens is 196 g/mol. The van der Waals surface area contributed by atoms with Gasteiger partial charge in [-0.15, -0.1) is 6.42 Å². The molecule has 0 rings (SSSR count). The number of nitrogens with two attached hydrogens (primary N) is 1. The van der Waals surface area contributed by atoms with Crippen LogP contribution in [0.2, 0.25) is 0 Å². The smallest absolute Gasteiger partial charge is 0.323 e. The van der Waals surface area contributed by atoms with Gasteiger partial charge in [0, 0.05) is 12.5 Å². The van der Waals surface area contributed by atoms with Crippen LogP contribution in [0.4, 0.5) is 0 Å². The summed E-state index contributed by atoms with van der Waals surface area (Å²) in [6.07, 6.45) is 5.79. The molecule has 0 aromatic heterocycles. The SMILES string of the molecule is C#CCN(CC(=O)O)C(=O)CCC(C)N. The lowest BCUT2D eigenvalue weighted by Crippen LogP contribution is -2.36. The Morgan fingerprint density at radius 1 is 1.60 bits per heavy atom. The fraction of sp³-hybridized carbons (Fsp3) is 0.600. The molecule has 3 N–H and O–H groups in total. The first-order valence-corrected chi connectivity index (χ1v) is 4.66. The molecule has 1 unspecified atom stereocenters. The summed E-state index contributed by atoms with van der Waals surface area (Å²) in [6.45, 7) is 1.45. The van der Waals surface area contributed by atoms with Crippen LogP contribution in [0.5, 0.6) is 0 Å². The van der Waals surface area contributed by atoms with Gasteiger partial charge in [0.1, 0.15) is 6.54 Å². The Kier molecular flexibility index (Phi) is 6.14.